The molecule has 2 rings (SSSR count). The zero-order valence-electron chi connectivity index (χ0n) is 9.43. The molecule has 0 radical (unpaired) electrons. The van der Waals surface area contributed by atoms with Crippen LogP contribution in [-0.2, 0) is 0 Å². The number of hydrogen-bond acceptors (Lipinski definition) is 4. The fourth-order valence-corrected chi connectivity index (χ4v) is 1.71. The Morgan fingerprint density at radius 3 is 2.84 bits per heavy atom. The van der Waals surface area contributed by atoms with Gasteiger partial charge >= 0.3 is 5.97 Å². The number of nitrogens with zero attached hydrogens (tertiary/aromatic N) is 1. The number of carboxylic acid groups (broad SMARTS) is 1. The van der Waals surface area contributed by atoms with Gasteiger partial charge in [0.25, 0.3) is 0 Å². The predicted molar refractivity (Wildman–Crippen MR) is 69.8 cm³/mol. The Morgan fingerprint density at radius 2 is 2.16 bits per heavy atom. The Hall–Kier alpha value is -2.15. The summed E-state index contributed by atoms with van der Waals surface area (Å²) in [7, 11) is 0. The number of rotatable bonds is 3. The largest absolute Gasteiger partial charge is 0.478 e. The molecule has 1 aromatic heterocycles. The average Bonchev–Trinajstić information content (AvgIpc) is 2.36. The number of halogens is 2. The van der Waals surface area contributed by atoms with Crippen molar-refractivity contribution in [1.82, 2.24) is 4.98 Å². The molecular formula is C12H8BrFN2O3. The van der Waals surface area contributed by atoms with E-state index in [9.17, 15) is 9.18 Å². The summed E-state index contributed by atoms with van der Waals surface area (Å²) in [6.45, 7) is 0. The maximum absolute atomic E-state index is 13.1. The lowest BCUT2D eigenvalue weighted by atomic mass is 10.2. The fraction of sp³-hybridized carbons (Fsp3) is 0. The summed E-state index contributed by atoms with van der Waals surface area (Å²) in [5.74, 6) is -1.62. The Balaban J connectivity index is 2.41. The molecule has 98 valence electrons. The predicted octanol–water partition coefficient (Wildman–Crippen LogP) is 3.06. The smallest absolute Gasteiger partial charge is 0.338 e. The van der Waals surface area contributed by atoms with E-state index in [4.69, 9.17) is 15.6 Å². The Kier molecular flexibility index (Phi) is 3.66. The number of aromatic carboxylic acids is 1. The lowest BCUT2D eigenvalue weighted by molar-refractivity contribution is 0.0697. The van der Waals surface area contributed by atoms with Crippen LogP contribution in [-0.4, -0.2) is 16.1 Å². The van der Waals surface area contributed by atoms with Crippen LogP contribution in [0.4, 0.5) is 10.1 Å². The number of nitrogen functional groups attached to an aromatic ring is 1. The highest BCUT2D eigenvalue weighted by molar-refractivity contribution is 9.10. The highest BCUT2D eigenvalue weighted by Gasteiger charge is 2.15. The van der Waals surface area contributed by atoms with E-state index < -0.39 is 11.8 Å². The SMILES string of the molecule is Nc1c(C(=O)O)ccnc1Oc1cc(F)ccc1Br. The van der Waals surface area contributed by atoms with Crippen molar-refractivity contribution in [2.45, 2.75) is 0 Å². The highest BCUT2D eigenvalue weighted by Crippen LogP contribution is 2.32. The van der Waals surface area contributed by atoms with Gasteiger partial charge < -0.3 is 15.6 Å². The minimum Gasteiger partial charge on any atom is -0.478 e. The molecule has 0 amide bonds. The van der Waals surface area contributed by atoms with Gasteiger partial charge in [-0.25, -0.2) is 14.2 Å². The maximum atomic E-state index is 13.1. The third-order valence-electron chi connectivity index (χ3n) is 2.28. The summed E-state index contributed by atoms with van der Waals surface area (Å²) in [4.78, 5) is 14.7. The molecule has 0 atom stereocenters. The van der Waals surface area contributed by atoms with Crippen LogP contribution in [0.15, 0.2) is 34.9 Å². The third kappa shape index (κ3) is 2.82. The van der Waals surface area contributed by atoms with Gasteiger partial charge in [-0.2, -0.15) is 0 Å². The molecule has 2 aromatic rings. The molecule has 0 saturated carbocycles. The molecule has 0 aliphatic rings. The standard InChI is InChI=1S/C12H8BrFN2O3/c13-8-2-1-6(14)5-9(8)19-11-10(15)7(12(17)18)3-4-16-11/h1-5H,15H2,(H,17,18). The number of nitrogens with two attached hydrogens (primary N) is 1. The third-order valence-corrected chi connectivity index (χ3v) is 2.94. The van der Waals surface area contributed by atoms with Crippen molar-refractivity contribution in [3.63, 3.8) is 0 Å². The molecule has 0 saturated heterocycles. The van der Waals surface area contributed by atoms with Crippen molar-refractivity contribution in [2.24, 2.45) is 0 Å². The summed E-state index contributed by atoms with van der Waals surface area (Å²) in [6.07, 6.45) is 1.25. The van der Waals surface area contributed by atoms with Crippen molar-refractivity contribution >= 4 is 27.6 Å². The van der Waals surface area contributed by atoms with E-state index >= 15 is 0 Å². The average molecular weight is 327 g/mol. The van der Waals surface area contributed by atoms with Crippen molar-refractivity contribution < 1.29 is 19.0 Å². The molecule has 1 heterocycles. The summed E-state index contributed by atoms with van der Waals surface area (Å²) >= 11 is 3.18. The van der Waals surface area contributed by atoms with E-state index in [1.54, 1.807) is 0 Å². The number of carbonyl (C=O) groups is 1. The second kappa shape index (κ2) is 5.23. The van der Waals surface area contributed by atoms with Gasteiger partial charge in [-0.3, -0.25) is 0 Å². The number of hydrogen-bond donors (Lipinski definition) is 2. The molecule has 0 spiro atoms. The quantitative estimate of drug-likeness (QED) is 0.905. The first kappa shape index (κ1) is 13.3. The molecule has 0 bridgehead atoms. The molecule has 0 unspecified atom stereocenters. The van der Waals surface area contributed by atoms with Crippen LogP contribution in [0.2, 0.25) is 0 Å². The van der Waals surface area contributed by atoms with E-state index in [2.05, 4.69) is 20.9 Å². The Bertz CT molecular complexity index is 649. The van der Waals surface area contributed by atoms with Crippen LogP contribution in [0, 0.1) is 5.82 Å². The summed E-state index contributed by atoms with van der Waals surface area (Å²) in [5, 5.41) is 8.92. The lowest BCUT2D eigenvalue weighted by Crippen LogP contribution is -2.05. The van der Waals surface area contributed by atoms with Crippen LogP contribution in [0.5, 0.6) is 11.6 Å². The van der Waals surface area contributed by atoms with Gasteiger partial charge in [0.05, 0.1) is 10.0 Å². The van der Waals surface area contributed by atoms with Gasteiger partial charge in [-0.1, -0.05) is 0 Å². The van der Waals surface area contributed by atoms with Crippen molar-refractivity contribution in [2.75, 3.05) is 5.73 Å². The van der Waals surface area contributed by atoms with Crippen molar-refractivity contribution in [3.05, 3.63) is 46.3 Å². The topological polar surface area (TPSA) is 85.4 Å². The van der Waals surface area contributed by atoms with E-state index in [-0.39, 0.29) is 22.9 Å². The molecule has 3 N–H and O–H groups in total. The van der Waals surface area contributed by atoms with Crippen molar-refractivity contribution in [3.8, 4) is 11.6 Å². The molecule has 19 heavy (non-hydrogen) atoms. The minimum absolute atomic E-state index is 0.0915. The summed E-state index contributed by atoms with van der Waals surface area (Å²) < 4.78 is 18.9. The highest BCUT2D eigenvalue weighted by atomic mass is 79.9. The number of anilines is 1. The minimum atomic E-state index is -1.19. The second-order valence-electron chi connectivity index (χ2n) is 3.56. The molecule has 0 aliphatic heterocycles. The van der Waals surface area contributed by atoms with Gasteiger partial charge in [0.1, 0.15) is 17.3 Å². The van der Waals surface area contributed by atoms with Crippen molar-refractivity contribution in [1.29, 1.82) is 0 Å². The number of aromatic nitrogens is 1. The first-order valence-corrected chi connectivity index (χ1v) is 5.89. The zero-order valence-corrected chi connectivity index (χ0v) is 11.0. The molecule has 5 nitrogen and oxygen atoms in total. The Labute approximate surface area is 116 Å². The number of benzene rings is 1. The summed E-state index contributed by atoms with van der Waals surface area (Å²) in [6, 6.07) is 5.10. The normalized spacial score (nSPS) is 10.2. The van der Waals surface area contributed by atoms with Crippen LogP contribution in [0.1, 0.15) is 10.4 Å². The Morgan fingerprint density at radius 1 is 1.42 bits per heavy atom. The van der Waals surface area contributed by atoms with Gasteiger partial charge in [0.2, 0.25) is 5.88 Å². The number of pyridine rings is 1. The second-order valence-corrected chi connectivity index (χ2v) is 4.41. The number of carboxylic acids is 1. The van der Waals surface area contributed by atoms with E-state index in [1.165, 1.54) is 24.4 Å². The van der Waals surface area contributed by atoms with E-state index in [0.717, 1.165) is 6.07 Å². The van der Waals surface area contributed by atoms with Crippen LogP contribution in [0.3, 0.4) is 0 Å². The monoisotopic (exact) mass is 326 g/mol. The van der Waals surface area contributed by atoms with Gasteiger partial charge in [0, 0.05) is 12.3 Å². The lowest BCUT2D eigenvalue weighted by Gasteiger charge is -2.10. The van der Waals surface area contributed by atoms with Gasteiger partial charge in [0.15, 0.2) is 0 Å². The van der Waals surface area contributed by atoms with Crippen LogP contribution in [0.25, 0.3) is 0 Å². The van der Waals surface area contributed by atoms with E-state index in [0.29, 0.717) is 4.47 Å². The van der Waals surface area contributed by atoms with Gasteiger partial charge in [-0.15, -0.1) is 0 Å². The molecule has 7 heteroatoms. The first-order chi connectivity index (χ1) is 8.99. The van der Waals surface area contributed by atoms with Crippen LogP contribution >= 0.6 is 15.9 Å². The fourth-order valence-electron chi connectivity index (χ4n) is 1.38. The summed E-state index contributed by atoms with van der Waals surface area (Å²) in [5.41, 5.74) is 5.40. The molecular weight excluding hydrogens is 319 g/mol. The zero-order chi connectivity index (χ0) is 14.0. The molecule has 1 aromatic carbocycles. The van der Waals surface area contributed by atoms with Crippen LogP contribution < -0.4 is 10.5 Å². The first-order valence-electron chi connectivity index (χ1n) is 5.09. The molecule has 0 aliphatic carbocycles. The van der Waals surface area contributed by atoms with E-state index in [1.807, 2.05) is 0 Å². The number of ether oxygens (including phenoxy) is 1. The van der Waals surface area contributed by atoms with Gasteiger partial charge in [-0.05, 0) is 34.1 Å². The molecule has 0 fully saturated rings. The maximum Gasteiger partial charge on any atom is 0.338 e.